The molecule has 0 saturated heterocycles. The Morgan fingerprint density at radius 2 is 1.70 bits per heavy atom. The van der Waals surface area contributed by atoms with Crippen LogP contribution in [-0.2, 0) is 11.2 Å². The average Bonchev–Trinajstić information content (AvgIpc) is 2.63. The van der Waals surface area contributed by atoms with Crippen LogP contribution in [0.1, 0.15) is 17.2 Å². The van der Waals surface area contributed by atoms with Crippen molar-refractivity contribution in [3.63, 3.8) is 0 Å². The highest BCUT2D eigenvalue weighted by Crippen LogP contribution is 2.22. The molecule has 5 nitrogen and oxygen atoms in total. The first-order valence-corrected chi connectivity index (χ1v) is 8.31. The van der Waals surface area contributed by atoms with Crippen molar-refractivity contribution in [2.45, 2.75) is 18.9 Å². The largest absolute Gasteiger partial charge is 0.573 e. The van der Waals surface area contributed by atoms with Crippen LogP contribution in [0.2, 0.25) is 0 Å². The summed E-state index contributed by atoms with van der Waals surface area (Å²) in [5.74, 6) is -0.275. The van der Waals surface area contributed by atoms with E-state index in [1.165, 1.54) is 24.3 Å². The quantitative estimate of drug-likeness (QED) is 0.730. The summed E-state index contributed by atoms with van der Waals surface area (Å²) in [6.45, 7) is 0.657. The fraction of sp³-hybridized carbons (Fsp3) is 0.316. The first kappa shape index (κ1) is 20.6. The summed E-state index contributed by atoms with van der Waals surface area (Å²) in [5.41, 5.74) is 1.74. The van der Waals surface area contributed by atoms with E-state index in [2.05, 4.69) is 15.4 Å². The second kappa shape index (κ2) is 9.82. The van der Waals surface area contributed by atoms with Crippen LogP contribution in [0.5, 0.6) is 5.75 Å². The molecule has 0 fully saturated rings. The van der Waals surface area contributed by atoms with Crippen molar-refractivity contribution < 1.29 is 27.4 Å². The van der Waals surface area contributed by atoms with Crippen molar-refractivity contribution in [1.29, 1.82) is 0 Å². The second-order valence-electron chi connectivity index (χ2n) is 5.71. The van der Waals surface area contributed by atoms with Gasteiger partial charge in [-0.2, -0.15) is 0 Å². The number of methoxy groups -OCH3 is 1. The number of benzene rings is 2. The predicted molar refractivity (Wildman–Crippen MR) is 94.4 cm³/mol. The fourth-order valence-electron chi connectivity index (χ4n) is 2.43. The van der Waals surface area contributed by atoms with Gasteiger partial charge in [0.2, 0.25) is 0 Å². The number of carbonyl (C=O) groups is 1. The lowest BCUT2D eigenvalue weighted by molar-refractivity contribution is -0.274. The summed E-state index contributed by atoms with van der Waals surface area (Å²) in [6, 6.07) is 14.7. The minimum atomic E-state index is -4.71. The molecular formula is C19H21F3N2O3. The normalized spacial score (nSPS) is 12.3. The molecule has 0 saturated carbocycles. The number of halogens is 3. The maximum absolute atomic E-state index is 12.1. The molecular weight excluding hydrogens is 361 g/mol. The van der Waals surface area contributed by atoms with Crippen LogP contribution in [0.25, 0.3) is 0 Å². The van der Waals surface area contributed by atoms with Crippen LogP contribution in [0.4, 0.5) is 18.0 Å². The molecule has 0 aliphatic heterocycles. The van der Waals surface area contributed by atoms with Crippen molar-refractivity contribution in [2.75, 3.05) is 20.2 Å². The summed E-state index contributed by atoms with van der Waals surface area (Å²) < 4.78 is 45.5. The number of amides is 2. The van der Waals surface area contributed by atoms with Crippen molar-refractivity contribution in [3.8, 4) is 5.75 Å². The van der Waals surface area contributed by atoms with E-state index < -0.39 is 6.36 Å². The zero-order chi connectivity index (χ0) is 19.7. The molecule has 2 amide bonds. The molecule has 27 heavy (non-hydrogen) atoms. The first-order valence-electron chi connectivity index (χ1n) is 8.31. The minimum absolute atomic E-state index is 0.252. The third kappa shape index (κ3) is 7.57. The Morgan fingerprint density at radius 3 is 2.30 bits per heavy atom. The van der Waals surface area contributed by atoms with E-state index in [9.17, 15) is 18.0 Å². The van der Waals surface area contributed by atoms with E-state index in [1.54, 1.807) is 7.11 Å². The number of hydrogen-bond acceptors (Lipinski definition) is 3. The topological polar surface area (TPSA) is 59.6 Å². The van der Waals surface area contributed by atoms with Crippen LogP contribution < -0.4 is 15.4 Å². The Balaban J connectivity index is 1.71. The zero-order valence-corrected chi connectivity index (χ0v) is 14.8. The highest BCUT2D eigenvalue weighted by molar-refractivity contribution is 5.73. The minimum Gasteiger partial charge on any atom is -0.406 e. The fourth-order valence-corrected chi connectivity index (χ4v) is 2.43. The lowest BCUT2D eigenvalue weighted by Gasteiger charge is -2.16. The average molecular weight is 382 g/mol. The lowest BCUT2D eigenvalue weighted by Crippen LogP contribution is -2.39. The van der Waals surface area contributed by atoms with Gasteiger partial charge < -0.3 is 20.1 Å². The molecule has 2 N–H and O–H groups in total. The van der Waals surface area contributed by atoms with Gasteiger partial charge in [-0.25, -0.2) is 4.79 Å². The van der Waals surface area contributed by atoms with Gasteiger partial charge in [-0.15, -0.1) is 13.2 Å². The molecule has 2 rings (SSSR count). The molecule has 1 unspecified atom stereocenters. The number of nitrogens with one attached hydrogen (secondary N) is 2. The number of alkyl halides is 3. The Morgan fingerprint density at radius 1 is 1.04 bits per heavy atom. The molecule has 0 aliphatic rings. The second-order valence-corrected chi connectivity index (χ2v) is 5.71. The van der Waals surface area contributed by atoms with Gasteiger partial charge in [0.1, 0.15) is 5.75 Å². The van der Waals surface area contributed by atoms with Gasteiger partial charge in [-0.3, -0.25) is 0 Å². The summed E-state index contributed by atoms with van der Waals surface area (Å²) >= 11 is 0. The van der Waals surface area contributed by atoms with Gasteiger partial charge in [0.25, 0.3) is 0 Å². The molecule has 0 aliphatic carbocycles. The van der Waals surface area contributed by atoms with Crippen LogP contribution in [0.3, 0.4) is 0 Å². The van der Waals surface area contributed by atoms with Crippen molar-refractivity contribution in [3.05, 3.63) is 65.7 Å². The zero-order valence-electron chi connectivity index (χ0n) is 14.8. The summed E-state index contributed by atoms with van der Waals surface area (Å²) in [4.78, 5) is 11.9. The number of carbonyl (C=O) groups excluding carboxylic acids is 1. The van der Waals surface area contributed by atoms with Gasteiger partial charge in [0.15, 0.2) is 0 Å². The molecule has 0 radical (unpaired) electrons. The van der Waals surface area contributed by atoms with Gasteiger partial charge in [0.05, 0.1) is 6.10 Å². The molecule has 1 atom stereocenters. The van der Waals surface area contributed by atoms with Gasteiger partial charge in [-0.05, 0) is 29.7 Å². The molecule has 0 spiro atoms. The molecule has 2 aromatic carbocycles. The molecule has 0 heterocycles. The van der Waals surface area contributed by atoms with Crippen LogP contribution in [-0.4, -0.2) is 32.6 Å². The third-order valence-electron chi connectivity index (χ3n) is 3.76. The number of rotatable bonds is 8. The summed E-state index contributed by atoms with van der Waals surface area (Å²) in [7, 11) is 1.57. The predicted octanol–water partition coefficient (Wildman–Crippen LogP) is 3.81. The summed E-state index contributed by atoms with van der Waals surface area (Å²) in [6.07, 6.45) is -4.48. The van der Waals surface area contributed by atoms with E-state index >= 15 is 0 Å². The SMILES string of the molecule is COC(CNC(=O)NCCc1ccc(OC(F)(F)F)cc1)c1ccccc1. The molecule has 2 aromatic rings. The third-order valence-corrected chi connectivity index (χ3v) is 3.76. The van der Waals surface area contributed by atoms with Crippen LogP contribution in [0, 0.1) is 0 Å². The van der Waals surface area contributed by atoms with Crippen LogP contribution >= 0.6 is 0 Å². The Kier molecular flexibility index (Phi) is 7.48. The van der Waals surface area contributed by atoms with Crippen molar-refractivity contribution >= 4 is 6.03 Å². The van der Waals surface area contributed by atoms with E-state index in [1.807, 2.05) is 30.3 Å². The van der Waals surface area contributed by atoms with Crippen molar-refractivity contribution in [2.24, 2.45) is 0 Å². The Hall–Kier alpha value is -2.74. The van der Waals surface area contributed by atoms with E-state index in [0.29, 0.717) is 19.5 Å². The maximum atomic E-state index is 12.1. The Labute approximate surface area is 155 Å². The van der Waals surface area contributed by atoms with E-state index in [0.717, 1.165) is 11.1 Å². The van der Waals surface area contributed by atoms with Gasteiger partial charge in [-0.1, -0.05) is 42.5 Å². The standard InChI is InChI=1S/C19H21F3N2O3/c1-26-17(15-5-3-2-4-6-15)13-24-18(25)23-12-11-14-7-9-16(10-8-14)27-19(20,21)22/h2-10,17H,11-13H2,1H3,(H2,23,24,25). The monoisotopic (exact) mass is 382 g/mol. The number of ether oxygens (including phenoxy) is 2. The van der Waals surface area contributed by atoms with Gasteiger partial charge in [0, 0.05) is 20.2 Å². The van der Waals surface area contributed by atoms with E-state index in [-0.39, 0.29) is 17.9 Å². The number of hydrogen-bond donors (Lipinski definition) is 2. The molecule has 146 valence electrons. The smallest absolute Gasteiger partial charge is 0.406 e. The lowest BCUT2D eigenvalue weighted by atomic mass is 10.1. The summed E-state index contributed by atoms with van der Waals surface area (Å²) in [5, 5.41) is 5.43. The highest BCUT2D eigenvalue weighted by atomic mass is 19.4. The molecule has 8 heteroatoms. The van der Waals surface area contributed by atoms with E-state index in [4.69, 9.17) is 4.74 Å². The number of urea groups is 1. The first-order chi connectivity index (χ1) is 12.9. The molecule has 0 bridgehead atoms. The van der Waals surface area contributed by atoms with Gasteiger partial charge >= 0.3 is 12.4 Å². The van der Waals surface area contributed by atoms with Crippen molar-refractivity contribution in [1.82, 2.24) is 10.6 Å². The highest BCUT2D eigenvalue weighted by Gasteiger charge is 2.30. The Bertz CT molecular complexity index is 706. The maximum Gasteiger partial charge on any atom is 0.573 e. The molecule has 0 aromatic heterocycles. The van der Waals surface area contributed by atoms with Crippen LogP contribution in [0.15, 0.2) is 54.6 Å².